The largest absolute Gasteiger partial charge is 0.362 e. The van der Waals surface area contributed by atoms with Crippen LogP contribution in [0.15, 0.2) is 17.2 Å². The Morgan fingerprint density at radius 1 is 1.30 bits per heavy atom. The van der Waals surface area contributed by atoms with Crippen LogP contribution in [0.5, 0.6) is 0 Å². The summed E-state index contributed by atoms with van der Waals surface area (Å²) < 4.78 is 1.85. The van der Waals surface area contributed by atoms with E-state index in [0.29, 0.717) is 23.8 Å². The molecule has 2 saturated carbocycles. The maximum absolute atomic E-state index is 12.4. The van der Waals surface area contributed by atoms with Gasteiger partial charge in [-0.05, 0) is 38.0 Å². The average molecular weight is 275 g/mol. The van der Waals surface area contributed by atoms with Gasteiger partial charge in [-0.2, -0.15) is 0 Å². The van der Waals surface area contributed by atoms with Crippen LogP contribution in [-0.4, -0.2) is 15.6 Å². The van der Waals surface area contributed by atoms with E-state index in [-0.39, 0.29) is 5.56 Å². The Hall–Kier alpha value is -1.32. The normalized spacial score (nSPS) is 21.6. The van der Waals surface area contributed by atoms with Crippen LogP contribution in [0.25, 0.3) is 0 Å². The Bertz CT molecular complexity index is 501. The number of hydrogen-bond acceptors (Lipinski definition) is 3. The molecule has 4 heteroatoms. The van der Waals surface area contributed by atoms with E-state index in [4.69, 9.17) is 0 Å². The van der Waals surface area contributed by atoms with Crippen LogP contribution in [0.3, 0.4) is 0 Å². The van der Waals surface area contributed by atoms with Crippen LogP contribution >= 0.6 is 0 Å². The minimum Gasteiger partial charge on any atom is -0.362 e. The number of nitrogens with one attached hydrogen (secondary N) is 1. The van der Waals surface area contributed by atoms with Crippen molar-refractivity contribution in [3.8, 4) is 0 Å². The average Bonchev–Trinajstić information content (AvgIpc) is 3.32. The number of anilines is 1. The lowest BCUT2D eigenvalue weighted by atomic mass is 9.83. The van der Waals surface area contributed by atoms with Crippen molar-refractivity contribution in [1.82, 2.24) is 9.55 Å². The Morgan fingerprint density at radius 2 is 2.05 bits per heavy atom. The molecule has 2 aliphatic carbocycles. The second-order valence-corrected chi connectivity index (χ2v) is 6.28. The SMILES string of the molecule is CCC(Nc1nccn(C2CC2)c1=O)C1CCCCC1. The lowest BCUT2D eigenvalue weighted by Gasteiger charge is -2.30. The zero-order valence-corrected chi connectivity index (χ0v) is 12.3. The van der Waals surface area contributed by atoms with Gasteiger partial charge in [0.25, 0.3) is 5.56 Å². The lowest BCUT2D eigenvalue weighted by molar-refractivity contribution is 0.312. The van der Waals surface area contributed by atoms with Crippen molar-refractivity contribution in [2.75, 3.05) is 5.32 Å². The van der Waals surface area contributed by atoms with Gasteiger partial charge in [0.05, 0.1) is 0 Å². The molecule has 0 aliphatic heterocycles. The molecule has 1 atom stereocenters. The van der Waals surface area contributed by atoms with Gasteiger partial charge < -0.3 is 9.88 Å². The van der Waals surface area contributed by atoms with E-state index in [0.717, 1.165) is 19.3 Å². The number of nitrogens with zero attached hydrogens (tertiary/aromatic N) is 2. The number of hydrogen-bond donors (Lipinski definition) is 1. The first kappa shape index (κ1) is 13.7. The highest BCUT2D eigenvalue weighted by atomic mass is 16.1. The van der Waals surface area contributed by atoms with Crippen molar-refractivity contribution in [1.29, 1.82) is 0 Å². The van der Waals surface area contributed by atoms with Gasteiger partial charge in [-0.3, -0.25) is 4.79 Å². The molecule has 0 spiro atoms. The molecule has 1 N–H and O–H groups in total. The van der Waals surface area contributed by atoms with Crippen LogP contribution < -0.4 is 10.9 Å². The smallest absolute Gasteiger partial charge is 0.293 e. The molecule has 0 aromatic carbocycles. The van der Waals surface area contributed by atoms with Crippen LogP contribution in [0.4, 0.5) is 5.82 Å². The highest BCUT2D eigenvalue weighted by Crippen LogP contribution is 2.33. The molecule has 0 radical (unpaired) electrons. The molecule has 1 aromatic rings. The van der Waals surface area contributed by atoms with Crippen molar-refractivity contribution in [3.63, 3.8) is 0 Å². The number of aromatic nitrogens is 2. The first-order chi connectivity index (χ1) is 9.79. The molecule has 2 aliphatic rings. The van der Waals surface area contributed by atoms with E-state index in [1.54, 1.807) is 6.20 Å². The maximum atomic E-state index is 12.4. The van der Waals surface area contributed by atoms with Crippen molar-refractivity contribution >= 4 is 5.82 Å². The summed E-state index contributed by atoms with van der Waals surface area (Å²) in [6, 6.07) is 0.811. The van der Waals surface area contributed by atoms with Crippen molar-refractivity contribution in [3.05, 3.63) is 22.7 Å². The van der Waals surface area contributed by atoms with E-state index < -0.39 is 0 Å². The third-order valence-electron chi connectivity index (χ3n) is 4.79. The van der Waals surface area contributed by atoms with E-state index in [2.05, 4.69) is 17.2 Å². The Labute approximate surface area is 120 Å². The van der Waals surface area contributed by atoms with Gasteiger partial charge in [0.2, 0.25) is 0 Å². The monoisotopic (exact) mass is 275 g/mol. The van der Waals surface area contributed by atoms with Gasteiger partial charge in [-0.25, -0.2) is 4.98 Å². The van der Waals surface area contributed by atoms with E-state index in [1.807, 2.05) is 10.8 Å². The molecule has 1 heterocycles. The van der Waals surface area contributed by atoms with Gasteiger partial charge in [0.15, 0.2) is 5.82 Å². The Kier molecular flexibility index (Phi) is 4.08. The highest BCUT2D eigenvalue weighted by Gasteiger charge is 2.27. The van der Waals surface area contributed by atoms with Crippen molar-refractivity contribution in [2.45, 2.75) is 70.4 Å². The Balaban J connectivity index is 1.75. The molecule has 1 unspecified atom stereocenters. The van der Waals surface area contributed by atoms with Crippen LogP contribution in [0.1, 0.15) is 64.3 Å². The fraction of sp³-hybridized carbons (Fsp3) is 0.750. The molecule has 2 fully saturated rings. The van der Waals surface area contributed by atoms with Gasteiger partial charge in [0, 0.05) is 24.5 Å². The number of rotatable bonds is 5. The summed E-state index contributed by atoms with van der Waals surface area (Å²) in [5.41, 5.74) is 0.0595. The summed E-state index contributed by atoms with van der Waals surface area (Å²) >= 11 is 0. The molecular formula is C16H25N3O. The second-order valence-electron chi connectivity index (χ2n) is 6.28. The van der Waals surface area contributed by atoms with Crippen molar-refractivity contribution in [2.24, 2.45) is 5.92 Å². The molecule has 1 aromatic heterocycles. The molecule has 110 valence electrons. The van der Waals surface area contributed by atoms with Gasteiger partial charge in [-0.15, -0.1) is 0 Å². The maximum Gasteiger partial charge on any atom is 0.293 e. The molecule has 0 bridgehead atoms. The van der Waals surface area contributed by atoms with E-state index >= 15 is 0 Å². The first-order valence-electron chi connectivity index (χ1n) is 8.13. The quantitative estimate of drug-likeness (QED) is 0.896. The zero-order valence-electron chi connectivity index (χ0n) is 12.3. The van der Waals surface area contributed by atoms with Crippen LogP contribution in [0.2, 0.25) is 0 Å². The summed E-state index contributed by atoms with van der Waals surface area (Å²) in [6.07, 6.45) is 13.5. The van der Waals surface area contributed by atoms with Crippen molar-refractivity contribution < 1.29 is 0 Å². The first-order valence-corrected chi connectivity index (χ1v) is 8.13. The summed E-state index contributed by atoms with van der Waals surface area (Å²) in [6.45, 7) is 2.20. The molecule has 3 rings (SSSR count). The van der Waals surface area contributed by atoms with Crippen LogP contribution in [0, 0.1) is 5.92 Å². The van der Waals surface area contributed by atoms with Gasteiger partial charge >= 0.3 is 0 Å². The molecule has 0 saturated heterocycles. The minimum atomic E-state index is 0.0595. The fourth-order valence-electron chi connectivity index (χ4n) is 3.43. The highest BCUT2D eigenvalue weighted by molar-refractivity contribution is 5.33. The Morgan fingerprint density at radius 3 is 2.70 bits per heavy atom. The van der Waals surface area contributed by atoms with Crippen LogP contribution in [-0.2, 0) is 0 Å². The summed E-state index contributed by atoms with van der Waals surface area (Å²) in [4.78, 5) is 16.7. The molecule has 4 nitrogen and oxygen atoms in total. The standard InChI is InChI=1S/C16H25N3O/c1-2-14(12-6-4-3-5-7-12)18-15-16(20)19(11-10-17-15)13-8-9-13/h10-14H,2-9H2,1H3,(H,17,18). The second kappa shape index (κ2) is 5.98. The van der Waals surface area contributed by atoms with Gasteiger partial charge in [-0.1, -0.05) is 26.2 Å². The lowest BCUT2D eigenvalue weighted by Crippen LogP contribution is -2.34. The minimum absolute atomic E-state index is 0.0595. The predicted octanol–water partition coefficient (Wildman–Crippen LogP) is 3.35. The van der Waals surface area contributed by atoms with E-state index in [1.165, 1.54) is 32.1 Å². The fourth-order valence-corrected chi connectivity index (χ4v) is 3.43. The predicted molar refractivity (Wildman–Crippen MR) is 81.0 cm³/mol. The molecule has 20 heavy (non-hydrogen) atoms. The summed E-state index contributed by atoms with van der Waals surface area (Å²) in [5.74, 6) is 1.25. The topological polar surface area (TPSA) is 46.9 Å². The molecule has 0 amide bonds. The molecular weight excluding hydrogens is 250 g/mol. The summed E-state index contributed by atoms with van der Waals surface area (Å²) in [5, 5.41) is 3.45. The zero-order chi connectivity index (χ0) is 13.9. The van der Waals surface area contributed by atoms with Gasteiger partial charge in [0.1, 0.15) is 0 Å². The van der Waals surface area contributed by atoms with E-state index in [9.17, 15) is 4.79 Å². The third kappa shape index (κ3) is 2.89. The third-order valence-corrected chi connectivity index (χ3v) is 4.79. The summed E-state index contributed by atoms with van der Waals surface area (Å²) in [7, 11) is 0.